The van der Waals surface area contributed by atoms with Crippen molar-refractivity contribution in [3.05, 3.63) is 40.6 Å². The quantitative estimate of drug-likeness (QED) is 0.277. The summed E-state index contributed by atoms with van der Waals surface area (Å²) in [7, 11) is 0. The lowest BCUT2D eigenvalue weighted by atomic mass is 10.1. The van der Waals surface area contributed by atoms with Gasteiger partial charge in [-0.1, -0.05) is 0 Å². The topological polar surface area (TPSA) is 190 Å². The average Bonchev–Trinajstić information content (AvgIpc) is 2.72. The molecule has 31 heavy (non-hydrogen) atoms. The summed E-state index contributed by atoms with van der Waals surface area (Å²) in [6, 6.07) is 5.77. The van der Waals surface area contributed by atoms with Crippen molar-refractivity contribution in [2.24, 2.45) is 0 Å². The molecular formula is C20H18O11. The zero-order valence-electron chi connectivity index (χ0n) is 15.7. The Morgan fingerprint density at radius 2 is 1.65 bits per heavy atom. The minimum atomic E-state index is -1.70. The number of fused-ring (bicyclic) bond motifs is 1. The highest BCUT2D eigenvalue weighted by atomic mass is 16.7. The summed E-state index contributed by atoms with van der Waals surface area (Å²) in [5.74, 6) is -2.86. The fourth-order valence-corrected chi connectivity index (χ4v) is 3.21. The van der Waals surface area contributed by atoms with Crippen LogP contribution in [0, 0.1) is 0 Å². The Bertz CT molecular complexity index is 1200. The van der Waals surface area contributed by atoms with Crippen LogP contribution in [0.1, 0.15) is 0 Å². The molecule has 11 nitrogen and oxygen atoms in total. The second kappa shape index (κ2) is 7.63. The van der Waals surface area contributed by atoms with Crippen LogP contribution in [0.2, 0.25) is 0 Å². The molecule has 3 aromatic rings. The van der Waals surface area contributed by atoms with Gasteiger partial charge >= 0.3 is 0 Å². The van der Waals surface area contributed by atoms with E-state index in [0.29, 0.717) is 0 Å². The molecule has 2 heterocycles. The third-order valence-electron chi connectivity index (χ3n) is 4.88. The van der Waals surface area contributed by atoms with Crippen molar-refractivity contribution >= 4 is 11.0 Å². The zero-order chi connectivity index (χ0) is 22.4. The molecule has 0 radical (unpaired) electrons. The maximum absolute atomic E-state index is 12.6. The Morgan fingerprint density at radius 1 is 0.903 bits per heavy atom. The Labute approximate surface area is 173 Å². The summed E-state index contributed by atoms with van der Waals surface area (Å²) in [6.07, 6.45) is -6.17. The van der Waals surface area contributed by atoms with Gasteiger partial charge in [-0.25, -0.2) is 0 Å². The molecule has 1 saturated heterocycles. The molecule has 1 aliphatic rings. The summed E-state index contributed by atoms with van der Waals surface area (Å²) >= 11 is 0. The highest BCUT2D eigenvalue weighted by Crippen LogP contribution is 2.43. The largest absolute Gasteiger partial charge is 0.504 e. The Kier molecular flexibility index (Phi) is 5.11. The van der Waals surface area contributed by atoms with Gasteiger partial charge < -0.3 is 49.6 Å². The van der Waals surface area contributed by atoms with Crippen molar-refractivity contribution in [3.63, 3.8) is 0 Å². The Morgan fingerprint density at radius 3 is 2.35 bits per heavy atom. The predicted molar refractivity (Wildman–Crippen MR) is 103 cm³/mol. The van der Waals surface area contributed by atoms with Gasteiger partial charge in [-0.05, 0) is 18.2 Å². The van der Waals surface area contributed by atoms with E-state index < -0.39 is 53.0 Å². The highest BCUT2D eigenvalue weighted by molar-refractivity contribution is 5.89. The van der Waals surface area contributed by atoms with E-state index in [4.69, 9.17) is 13.9 Å². The van der Waals surface area contributed by atoms with E-state index in [2.05, 4.69) is 0 Å². The first-order chi connectivity index (χ1) is 14.7. The van der Waals surface area contributed by atoms with Crippen molar-refractivity contribution in [1.29, 1.82) is 0 Å². The number of phenolic OH excluding ortho intramolecular Hbond substituents is 4. The number of ether oxygens (including phenoxy) is 2. The van der Waals surface area contributed by atoms with E-state index in [-0.39, 0.29) is 34.6 Å². The predicted octanol–water partition coefficient (Wildman–Crippen LogP) is 0.100. The SMILES string of the molecule is O=c1cc(-c2ccc(O)c(O)c2)oc2cc(O)c(O[C@@H]3OC[C@@H](O)[C@H](O)[C@H]3O)c(O)c12. The third-order valence-corrected chi connectivity index (χ3v) is 4.88. The number of hydrogen-bond donors (Lipinski definition) is 7. The molecule has 0 unspecified atom stereocenters. The first kappa shape index (κ1) is 20.8. The maximum Gasteiger partial charge on any atom is 0.229 e. The minimum Gasteiger partial charge on any atom is -0.504 e. The normalized spacial score (nSPS) is 23.7. The number of rotatable bonds is 3. The first-order valence-electron chi connectivity index (χ1n) is 9.05. The monoisotopic (exact) mass is 434 g/mol. The Balaban J connectivity index is 1.76. The zero-order valence-corrected chi connectivity index (χ0v) is 15.7. The molecule has 0 bridgehead atoms. The molecule has 0 spiro atoms. The van der Waals surface area contributed by atoms with E-state index in [0.717, 1.165) is 18.2 Å². The molecule has 164 valence electrons. The summed E-state index contributed by atoms with van der Waals surface area (Å²) in [4.78, 5) is 12.6. The molecule has 0 saturated carbocycles. The molecule has 7 N–H and O–H groups in total. The smallest absolute Gasteiger partial charge is 0.229 e. The van der Waals surface area contributed by atoms with Crippen molar-refractivity contribution in [2.45, 2.75) is 24.6 Å². The molecule has 1 aromatic heterocycles. The molecule has 0 aliphatic carbocycles. The first-order valence-corrected chi connectivity index (χ1v) is 9.05. The van der Waals surface area contributed by atoms with Crippen LogP contribution in [-0.4, -0.2) is 67.0 Å². The minimum absolute atomic E-state index is 0.0107. The second-order valence-electron chi connectivity index (χ2n) is 6.99. The summed E-state index contributed by atoms with van der Waals surface area (Å²) in [5.41, 5.74) is -0.676. The lowest BCUT2D eigenvalue weighted by molar-refractivity contribution is -0.242. The van der Waals surface area contributed by atoms with E-state index in [1.165, 1.54) is 12.1 Å². The van der Waals surface area contributed by atoms with Crippen LogP contribution >= 0.6 is 0 Å². The van der Waals surface area contributed by atoms with Crippen LogP contribution in [0.15, 0.2) is 39.5 Å². The molecule has 4 atom stereocenters. The van der Waals surface area contributed by atoms with Crippen molar-refractivity contribution in [1.82, 2.24) is 0 Å². The van der Waals surface area contributed by atoms with Gasteiger partial charge in [-0.2, -0.15) is 0 Å². The molecule has 0 amide bonds. The van der Waals surface area contributed by atoms with Crippen LogP contribution in [0.25, 0.3) is 22.3 Å². The Hall–Kier alpha value is -3.51. The summed E-state index contributed by atoms with van der Waals surface area (Å²) < 4.78 is 15.9. The summed E-state index contributed by atoms with van der Waals surface area (Å²) in [5, 5.41) is 68.8. The summed E-state index contributed by atoms with van der Waals surface area (Å²) in [6.45, 7) is -0.372. The van der Waals surface area contributed by atoms with Gasteiger partial charge in [0.15, 0.2) is 28.4 Å². The number of benzene rings is 2. The van der Waals surface area contributed by atoms with E-state index in [1.807, 2.05) is 0 Å². The lowest BCUT2D eigenvalue weighted by Gasteiger charge is -2.35. The van der Waals surface area contributed by atoms with Gasteiger partial charge in [0.2, 0.25) is 12.0 Å². The van der Waals surface area contributed by atoms with Gasteiger partial charge in [0.05, 0.1) is 6.61 Å². The maximum atomic E-state index is 12.6. The molecular weight excluding hydrogens is 416 g/mol. The third kappa shape index (κ3) is 3.59. The molecule has 11 heteroatoms. The van der Waals surface area contributed by atoms with Gasteiger partial charge in [0.25, 0.3) is 0 Å². The highest BCUT2D eigenvalue weighted by Gasteiger charge is 2.40. The molecule has 4 rings (SSSR count). The standard InChI is InChI=1S/C20H18O11/c21-8-2-1-7(3-9(8)22)13-4-10(23)15-14(30-13)5-11(24)19(17(15)27)31-20-18(28)16(26)12(25)6-29-20/h1-5,12,16,18,20-22,24-28H,6H2/t12-,16+,18-,20+/m1/s1. The average molecular weight is 434 g/mol. The van der Waals surface area contributed by atoms with Crippen molar-refractivity contribution in [2.75, 3.05) is 6.61 Å². The molecule has 1 fully saturated rings. The van der Waals surface area contributed by atoms with Crippen LogP contribution in [0.4, 0.5) is 0 Å². The molecule has 1 aliphatic heterocycles. The van der Waals surface area contributed by atoms with Crippen molar-refractivity contribution in [3.8, 4) is 40.1 Å². The fourth-order valence-electron chi connectivity index (χ4n) is 3.21. The number of aliphatic hydroxyl groups is 3. The van der Waals surface area contributed by atoms with Gasteiger partial charge in [-0.3, -0.25) is 4.79 Å². The van der Waals surface area contributed by atoms with Gasteiger partial charge in [0.1, 0.15) is 35.0 Å². The number of phenols is 4. The van der Waals surface area contributed by atoms with Crippen LogP contribution in [0.3, 0.4) is 0 Å². The van der Waals surface area contributed by atoms with E-state index in [9.17, 15) is 40.5 Å². The van der Waals surface area contributed by atoms with E-state index >= 15 is 0 Å². The lowest BCUT2D eigenvalue weighted by Crippen LogP contribution is -2.54. The van der Waals surface area contributed by atoms with Crippen LogP contribution < -0.4 is 10.2 Å². The van der Waals surface area contributed by atoms with Gasteiger partial charge in [0, 0.05) is 17.7 Å². The van der Waals surface area contributed by atoms with Crippen LogP contribution in [-0.2, 0) is 4.74 Å². The second-order valence-corrected chi connectivity index (χ2v) is 6.99. The van der Waals surface area contributed by atoms with E-state index in [1.54, 1.807) is 0 Å². The van der Waals surface area contributed by atoms with Crippen LogP contribution in [0.5, 0.6) is 28.7 Å². The number of aromatic hydroxyl groups is 4. The fraction of sp³-hybridized carbons (Fsp3) is 0.250. The number of aliphatic hydroxyl groups excluding tert-OH is 3. The van der Waals surface area contributed by atoms with Gasteiger partial charge in [-0.15, -0.1) is 0 Å². The van der Waals surface area contributed by atoms with Crippen molar-refractivity contribution < 1.29 is 49.6 Å². The molecule has 2 aromatic carbocycles. The number of hydrogen-bond acceptors (Lipinski definition) is 11.